The third-order valence-electron chi connectivity index (χ3n) is 4.91. The van der Waals surface area contributed by atoms with Gasteiger partial charge in [-0.3, -0.25) is 0 Å². The lowest BCUT2D eigenvalue weighted by molar-refractivity contribution is 0.949. The Bertz CT molecular complexity index is 843. The second-order valence-electron chi connectivity index (χ2n) is 6.51. The third-order valence-corrected chi connectivity index (χ3v) is 11.1. The highest BCUT2D eigenvalue weighted by atomic mass is 32.2. The van der Waals surface area contributed by atoms with E-state index in [-0.39, 0.29) is 0 Å². The Kier molecular flexibility index (Phi) is 5.12. The third kappa shape index (κ3) is 3.11. The summed E-state index contributed by atoms with van der Waals surface area (Å²) in [5.41, 5.74) is 0. The molecule has 0 spiro atoms. The summed E-state index contributed by atoms with van der Waals surface area (Å²) in [6, 6.07) is 14.6. The second-order valence-corrected chi connectivity index (χ2v) is 12.3. The van der Waals surface area contributed by atoms with Crippen molar-refractivity contribution in [3.63, 3.8) is 0 Å². The van der Waals surface area contributed by atoms with Crippen LogP contribution in [0.2, 0.25) is 0 Å². The first-order valence-corrected chi connectivity index (χ1v) is 13.1. The zero-order valence-electron chi connectivity index (χ0n) is 14.6. The van der Waals surface area contributed by atoms with E-state index in [1.807, 2.05) is 11.3 Å². The topological polar surface area (TPSA) is 0 Å². The first-order chi connectivity index (χ1) is 11.8. The minimum absolute atomic E-state index is 0.421. The first-order valence-electron chi connectivity index (χ1n) is 9.11. The quantitative estimate of drug-likeness (QED) is 0.464. The zero-order valence-corrected chi connectivity index (χ0v) is 17.1. The maximum Gasteiger partial charge on any atom is 0.155 e. The molecule has 2 aromatic carbocycles. The largest absolute Gasteiger partial charge is 0.155 e. The number of hydrogen-bond acceptors (Lipinski definition) is 1. The van der Waals surface area contributed by atoms with E-state index in [0.717, 1.165) is 0 Å². The molecule has 1 unspecified atom stereocenters. The maximum absolute atomic E-state index is 2.52. The van der Waals surface area contributed by atoms with E-state index in [1.54, 1.807) is 9.79 Å². The summed E-state index contributed by atoms with van der Waals surface area (Å²) < 4.78 is 2.91. The Morgan fingerprint density at radius 1 is 0.958 bits per heavy atom. The van der Waals surface area contributed by atoms with Crippen LogP contribution in [0.5, 0.6) is 0 Å². The lowest BCUT2D eigenvalue weighted by Crippen LogP contribution is -2.09. The van der Waals surface area contributed by atoms with Crippen molar-refractivity contribution in [2.75, 3.05) is 23.0 Å². The van der Waals surface area contributed by atoms with E-state index in [2.05, 4.69) is 50.2 Å². The fourth-order valence-electron chi connectivity index (χ4n) is 3.66. The molecule has 0 radical (unpaired) electrons. The Morgan fingerprint density at radius 2 is 1.67 bits per heavy atom. The van der Waals surface area contributed by atoms with E-state index in [4.69, 9.17) is 0 Å². The maximum atomic E-state index is 2.52. The van der Waals surface area contributed by atoms with E-state index >= 15 is 0 Å². The molecule has 126 valence electrons. The molecular weight excluding hydrogens is 348 g/mol. The average Bonchev–Trinajstić information content (AvgIpc) is 3.26. The van der Waals surface area contributed by atoms with Crippen LogP contribution in [-0.4, -0.2) is 23.0 Å². The number of benzene rings is 2. The van der Waals surface area contributed by atoms with Crippen molar-refractivity contribution in [1.82, 2.24) is 0 Å². The van der Waals surface area contributed by atoms with Crippen molar-refractivity contribution in [1.29, 1.82) is 0 Å². The molecule has 0 bridgehead atoms. The molecule has 1 aliphatic heterocycles. The Labute approximate surface area is 155 Å². The highest BCUT2D eigenvalue weighted by Crippen LogP contribution is 2.37. The van der Waals surface area contributed by atoms with Gasteiger partial charge in [-0.2, -0.15) is 0 Å². The van der Waals surface area contributed by atoms with Crippen LogP contribution in [0.1, 0.15) is 33.1 Å². The number of hydrogen-bond donors (Lipinski definition) is 0. The standard InChI is InChI=1S/C21H26S3/c1-3-11-23(4-2)16-7-9-20-18(14-16)19-15-17(8-10-21(19)22-20)24-12-5-6-13-24/h7-10,14-15H,3-6,11-13H2,1-2H3/q+2. The van der Waals surface area contributed by atoms with Gasteiger partial charge in [0.05, 0.1) is 0 Å². The predicted octanol–water partition coefficient (Wildman–Crippen LogP) is 6.23. The fraction of sp³-hybridized carbons (Fsp3) is 0.429. The van der Waals surface area contributed by atoms with E-state index < -0.39 is 0 Å². The van der Waals surface area contributed by atoms with Crippen LogP contribution in [0.25, 0.3) is 20.2 Å². The molecule has 1 atom stereocenters. The van der Waals surface area contributed by atoms with Crippen LogP contribution in [-0.2, 0) is 21.8 Å². The Balaban J connectivity index is 1.81. The van der Waals surface area contributed by atoms with Crippen LogP contribution in [0, 0.1) is 0 Å². The molecule has 1 saturated heterocycles. The van der Waals surface area contributed by atoms with Gasteiger partial charge in [-0.1, -0.05) is 6.92 Å². The van der Waals surface area contributed by atoms with Crippen LogP contribution < -0.4 is 0 Å². The molecule has 2 heterocycles. The fourth-order valence-corrected chi connectivity index (χ4v) is 8.95. The van der Waals surface area contributed by atoms with Crippen molar-refractivity contribution < 1.29 is 0 Å². The van der Waals surface area contributed by atoms with Gasteiger partial charge < -0.3 is 0 Å². The summed E-state index contributed by atoms with van der Waals surface area (Å²) in [5.74, 6) is 5.43. The van der Waals surface area contributed by atoms with Gasteiger partial charge in [0.15, 0.2) is 9.79 Å². The van der Waals surface area contributed by atoms with Crippen LogP contribution >= 0.6 is 11.3 Å². The zero-order chi connectivity index (χ0) is 16.5. The summed E-state index contributed by atoms with van der Waals surface area (Å²) in [6.07, 6.45) is 4.13. The summed E-state index contributed by atoms with van der Waals surface area (Å²) in [4.78, 5) is 3.17. The van der Waals surface area contributed by atoms with Crippen LogP contribution in [0.15, 0.2) is 46.2 Å². The molecule has 1 aromatic heterocycles. The molecule has 0 aliphatic carbocycles. The lowest BCUT2D eigenvalue weighted by atomic mass is 10.1. The lowest BCUT2D eigenvalue weighted by Gasteiger charge is -2.05. The summed E-state index contributed by atoms with van der Waals surface area (Å²) in [7, 11) is 0.935. The number of fused-ring (bicyclic) bond motifs is 3. The molecule has 0 nitrogen and oxygen atoms in total. The van der Waals surface area contributed by atoms with Gasteiger partial charge in [-0.25, -0.2) is 0 Å². The minimum atomic E-state index is 0.421. The Hall–Kier alpha value is -0.640. The molecular formula is C21H26S3+2. The highest BCUT2D eigenvalue weighted by Gasteiger charge is 2.27. The molecule has 0 amide bonds. The van der Waals surface area contributed by atoms with Gasteiger partial charge in [0.1, 0.15) is 23.0 Å². The first kappa shape index (κ1) is 16.8. The molecule has 1 aliphatic rings. The molecule has 0 saturated carbocycles. The summed E-state index contributed by atoms with van der Waals surface area (Å²) in [6.45, 7) is 4.65. The van der Waals surface area contributed by atoms with Crippen molar-refractivity contribution in [3.8, 4) is 0 Å². The SMILES string of the molecule is CCC[S+](CC)c1ccc2sc3ccc([S+]4CCCC4)cc3c2c1. The smallest absolute Gasteiger partial charge is 0.135 e. The summed E-state index contributed by atoms with van der Waals surface area (Å²) >= 11 is 1.96. The van der Waals surface area contributed by atoms with Crippen molar-refractivity contribution >= 4 is 53.3 Å². The molecule has 3 aromatic rings. The second kappa shape index (κ2) is 7.31. The molecule has 24 heavy (non-hydrogen) atoms. The highest BCUT2D eigenvalue weighted by molar-refractivity contribution is 7.97. The molecule has 4 rings (SSSR count). The van der Waals surface area contributed by atoms with Gasteiger partial charge in [0.25, 0.3) is 0 Å². The van der Waals surface area contributed by atoms with Gasteiger partial charge in [0, 0.05) is 54.1 Å². The van der Waals surface area contributed by atoms with Crippen LogP contribution in [0.4, 0.5) is 0 Å². The molecule has 1 fully saturated rings. The normalized spacial score (nSPS) is 17.1. The monoisotopic (exact) mass is 374 g/mol. The van der Waals surface area contributed by atoms with Gasteiger partial charge >= 0.3 is 0 Å². The Morgan fingerprint density at radius 3 is 2.38 bits per heavy atom. The van der Waals surface area contributed by atoms with E-state index in [1.165, 1.54) is 62.4 Å². The van der Waals surface area contributed by atoms with E-state index in [0.29, 0.717) is 21.8 Å². The molecule has 0 N–H and O–H groups in total. The predicted molar refractivity (Wildman–Crippen MR) is 115 cm³/mol. The van der Waals surface area contributed by atoms with E-state index in [9.17, 15) is 0 Å². The minimum Gasteiger partial charge on any atom is -0.135 e. The van der Waals surface area contributed by atoms with Gasteiger partial charge in [-0.05, 0) is 50.5 Å². The molecule has 3 heteroatoms. The van der Waals surface area contributed by atoms with Crippen molar-refractivity contribution in [2.24, 2.45) is 0 Å². The number of thiophene rings is 1. The van der Waals surface area contributed by atoms with Gasteiger partial charge in [-0.15, -0.1) is 11.3 Å². The average molecular weight is 375 g/mol. The number of rotatable bonds is 5. The van der Waals surface area contributed by atoms with Crippen molar-refractivity contribution in [3.05, 3.63) is 36.4 Å². The van der Waals surface area contributed by atoms with Crippen molar-refractivity contribution in [2.45, 2.75) is 42.9 Å². The van der Waals surface area contributed by atoms with Gasteiger partial charge in [0.2, 0.25) is 0 Å². The van der Waals surface area contributed by atoms with Crippen LogP contribution in [0.3, 0.4) is 0 Å². The summed E-state index contributed by atoms with van der Waals surface area (Å²) in [5, 5.41) is 3.00.